The van der Waals surface area contributed by atoms with Crippen LogP contribution in [-0.4, -0.2) is 18.2 Å². The Labute approximate surface area is 117 Å². The van der Waals surface area contributed by atoms with Crippen LogP contribution in [0.2, 0.25) is 10.0 Å². The quantitative estimate of drug-likeness (QED) is 0.661. The minimum absolute atomic E-state index is 0.0436. The number of rotatable bonds is 4. The maximum Gasteiger partial charge on any atom is 0.0773 e. The molecule has 1 atom stereocenters. The Morgan fingerprint density at radius 1 is 1.44 bits per heavy atom. The van der Waals surface area contributed by atoms with E-state index in [0.717, 1.165) is 38.2 Å². The molecule has 2 rings (SSSR count). The van der Waals surface area contributed by atoms with Crippen molar-refractivity contribution in [1.29, 1.82) is 0 Å². The standard InChI is InChI=1S/C12H17Cl2N3O/c13-9-6-10(14)12(16-7-9)11(17-15)5-8-1-3-18-4-2-8/h6-8,11,17H,1-5,15H2. The van der Waals surface area contributed by atoms with E-state index in [2.05, 4.69) is 10.4 Å². The molecule has 0 radical (unpaired) electrons. The van der Waals surface area contributed by atoms with Crippen LogP contribution in [0.1, 0.15) is 31.0 Å². The van der Waals surface area contributed by atoms with Gasteiger partial charge in [0, 0.05) is 19.4 Å². The van der Waals surface area contributed by atoms with Gasteiger partial charge in [-0.2, -0.15) is 0 Å². The summed E-state index contributed by atoms with van der Waals surface area (Å²) in [5.74, 6) is 6.21. The fraction of sp³-hybridized carbons (Fsp3) is 0.583. The van der Waals surface area contributed by atoms with Crippen LogP contribution in [0.3, 0.4) is 0 Å². The van der Waals surface area contributed by atoms with E-state index < -0.39 is 0 Å². The molecule has 6 heteroatoms. The van der Waals surface area contributed by atoms with Gasteiger partial charge in [0.1, 0.15) is 0 Å². The molecule has 1 fully saturated rings. The van der Waals surface area contributed by atoms with Crippen molar-refractivity contribution in [2.75, 3.05) is 13.2 Å². The highest BCUT2D eigenvalue weighted by atomic mass is 35.5. The van der Waals surface area contributed by atoms with Gasteiger partial charge in [-0.05, 0) is 31.2 Å². The van der Waals surface area contributed by atoms with Gasteiger partial charge in [-0.1, -0.05) is 23.2 Å². The Morgan fingerprint density at radius 3 is 2.78 bits per heavy atom. The number of nitrogens with one attached hydrogen (secondary N) is 1. The monoisotopic (exact) mass is 289 g/mol. The third kappa shape index (κ3) is 3.56. The van der Waals surface area contributed by atoms with Gasteiger partial charge in [0.15, 0.2) is 0 Å². The Morgan fingerprint density at radius 2 is 2.17 bits per heavy atom. The fourth-order valence-corrected chi connectivity index (χ4v) is 2.77. The SMILES string of the molecule is NNC(CC1CCOCC1)c1ncc(Cl)cc1Cl. The lowest BCUT2D eigenvalue weighted by molar-refractivity contribution is 0.0603. The predicted molar refractivity (Wildman–Crippen MR) is 72.5 cm³/mol. The normalized spacial score (nSPS) is 18.8. The molecule has 1 unspecified atom stereocenters. The van der Waals surface area contributed by atoms with Crippen LogP contribution in [-0.2, 0) is 4.74 Å². The first kappa shape index (κ1) is 14.0. The van der Waals surface area contributed by atoms with E-state index in [9.17, 15) is 0 Å². The van der Waals surface area contributed by atoms with E-state index in [1.165, 1.54) is 0 Å². The number of aromatic nitrogens is 1. The number of hydrogen-bond acceptors (Lipinski definition) is 4. The van der Waals surface area contributed by atoms with Crippen LogP contribution in [0.5, 0.6) is 0 Å². The average Bonchev–Trinajstić information content (AvgIpc) is 2.38. The maximum absolute atomic E-state index is 6.15. The van der Waals surface area contributed by atoms with Crippen LogP contribution in [0.4, 0.5) is 0 Å². The summed E-state index contributed by atoms with van der Waals surface area (Å²) in [7, 11) is 0. The summed E-state index contributed by atoms with van der Waals surface area (Å²) < 4.78 is 5.35. The van der Waals surface area contributed by atoms with Crippen LogP contribution in [0, 0.1) is 5.92 Å². The Balaban J connectivity index is 2.07. The molecule has 1 aromatic rings. The van der Waals surface area contributed by atoms with Crippen LogP contribution in [0.15, 0.2) is 12.3 Å². The van der Waals surface area contributed by atoms with Crippen molar-refractivity contribution in [2.45, 2.75) is 25.3 Å². The molecule has 0 aliphatic carbocycles. The number of hydrazine groups is 1. The van der Waals surface area contributed by atoms with Gasteiger partial charge in [0.25, 0.3) is 0 Å². The topological polar surface area (TPSA) is 60.2 Å². The Bertz CT molecular complexity index is 397. The second kappa shape index (κ2) is 6.68. The highest BCUT2D eigenvalue weighted by molar-refractivity contribution is 6.34. The van der Waals surface area contributed by atoms with E-state index in [0.29, 0.717) is 16.0 Å². The molecule has 0 amide bonds. The van der Waals surface area contributed by atoms with E-state index in [-0.39, 0.29) is 6.04 Å². The van der Waals surface area contributed by atoms with Gasteiger partial charge < -0.3 is 4.74 Å². The van der Waals surface area contributed by atoms with Gasteiger partial charge in [0.05, 0.1) is 21.8 Å². The first-order valence-electron chi connectivity index (χ1n) is 6.05. The van der Waals surface area contributed by atoms with E-state index in [1.54, 1.807) is 12.3 Å². The third-order valence-corrected chi connectivity index (χ3v) is 3.79. The highest BCUT2D eigenvalue weighted by Crippen LogP contribution is 2.30. The maximum atomic E-state index is 6.15. The van der Waals surface area contributed by atoms with Crippen LogP contribution >= 0.6 is 23.2 Å². The Kier molecular flexibility index (Phi) is 5.21. The van der Waals surface area contributed by atoms with Crippen molar-refractivity contribution < 1.29 is 4.74 Å². The summed E-state index contributed by atoms with van der Waals surface area (Å²) in [6, 6.07) is 1.65. The lowest BCUT2D eigenvalue weighted by Crippen LogP contribution is -2.31. The lowest BCUT2D eigenvalue weighted by atomic mass is 9.91. The van der Waals surface area contributed by atoms with Gasteiger partial charge >= 0.3 is 0 Å². The largest absolute Gasteiger partial charge is 0.381 e. The molecule has 3 N–H and O–H groups in total. The molecular formula is C12H17Cl2N3O. The summed E-state index contributed by atoms with van der Waals surface area (Å²) in [5.41, 5.74) is 3.55. The van der Waals surface area contributed by atoms with Crippen molar-refractivity contribution in [3.05, 3.63) is 28.0 Å². The van der Waals surface area contributed by atoms with Gasteiger partial charge in [-0.25, -0.2) is 0 Å². The molecule has 1 aromatic heterocycles. The summed E-state index contributed by atoms with van der Waals surface area (Å²) in [4.78, 5) is 4.28. The van der Waals surface area contributed by atoms with Crippen LogP contribution in [0.25, 0.3) is 0 Å². The molecule has 0 spiro atoms. The minimum Gasteiger partial charge on any atom is -0.381 e. The molecule has 0 saturated carbocycles. The highest BCUT2D eigenvalue weighted by Gasteiger charge is 2.22. The zero-order chi connectivity index (χ0) is 13.0. The molecule has 1 aliphatic rings. The number of ether oxygens (including phenoxy) is 1. The lowest BCUT2D eigenvalue weighted by Gasteiger charge is -2.26. The van der Waals surface area contributed by atoms with Crippen molar-refractivity contribution in [2.24, 2.45) is 11.8 Å². The summed E-state index contributed by atoms with van der Waals surface area (Å²) in [6.45, 7) is 1.65. The molecule has 2 heterocycles. The molecule has 0 bridgehead atoms. The number of hydrogen-bond donors (Lipinski definition) is 2. The van der Waals surface area contributed by atoms with Crippen molar-refractivity contribution in [3.63, 3.8) is 0 Å². The summed E-state index contributed by atoms with van der Waals surface area (Å²) in [5, 5.41) is 1.09. The first-order chi connectivity index (χ1) is 8.70. The first-order valence-corrected chi connectivity index (χ1v) is 6.81. The number of pyridine rings is 1. The van der Waals surface area contributed by atoms with Crippen molar-refractivity contribution >= 4 is 23.2 Å². The molecule has 18 heavy (non-hydrogen) atoms. The molecule has 1 aliphatic heterocycles. The average molecular weight is 290 g/mol. The minimum atomic E-state index is -0.0436. The Hall–Kier alpha value is -0.390. The fourth-order valence-electron chi connectivity index (χ4n) is 2.26. The van der Waals surface area contributed by atoms with Crippen molar-refractivity contribution in [1.82, 2.24) is 10.4 Å². The second-order valence-electron chi connectivity index (χ2n) is 4.53. The van der Waals surface area contributed by atoms with E-state index in [4.69, 9.17) is 33.8 Å². The zero-order valence-electron chi connectivity index (χ0n) is 10.0. The van der Waals surface area contributed by atoms with Crippen molar-refractivity contribution in [3.8, 4) is 0 Å². The molecule has 0 aromatic carbocycles. The van der Waals surface area contributed by atoms with E-state index in [1.807, 2.05) is 0 Å². The summed E-state index contributed by atoms with van der Waals surface area (Å²) >= 11 is 12.0. The third-order valence-electron chi connectivity index (χ3n) is 3.28. The van der Waals surface area contributed by atoms with E-state index >= 15 is 0 Å². The summed E-state index contributed by atoms with van der Waals surface area (Å²) in [6.07, 6.45) is 4.62. The number of halogens is 2. The van der Waals surface area contributed by atoms with Crippen LogP contribution < -0.4 is 11.3 Å². The van der Waals surface area contributed by atoms with Gasteiger partial charge in [0.2, 0.25) is 0 Å². The van der Waals surface area contributed by atoms with Gasteiger partial charge in [-0.3, -0.25) is 16.3 Å². The molecule has 100 valence electrons. The second-order valence-corrected chi connectivity index (χ2v) is 5.37. The molecular weight excluding hydrogens is 273 g/mol. The molecule has 4 nitrogen and oxygen atoms in total. The smallest absolute Gasteiger partial charge is 0.0773 e. The molecule has 1 saturated heterocycles. The van der Waals surface area contributed by atoms with Gasteiger partial charge in [-0.15, -0.1) is 0 Å². The zero-order valence-corrected chi connectivity index (χ0v) is 11.5. The number of nitrogens with zero attached hydrogens (tertiary/aromatic N) is 1. The number of nitrogens with two attached hydrogens (primary N) is 1. The predicted octanol–water partition coefficient (Wildman–Crippen LogP) is 2.71.